The quantitative estimate of drug-likeness (QED) is 0.409. The van der Waals surface area contributed by atoms with Gasteiger partial charge in [0.05, 0.1) is 0 Å². The summed E-state index contributed by atoms with van der Waals surface area (Å²) < 4.78 is 19.4. The summed E-state index contributed by atoms with van der Waals surface area (Å²) in [7, 11) is 0. The van der Waals surface area contributed by atoms with Crippen molar-refractivity contribution >= 4 is 29.6 Å². The number of benzene rings is 3. The van der Waals surface area contributed by atoms with Crippen molar-refractivity contribution in [3.05, 3.63) is 101 Å². The van der Waals surface area contributed by atoms with Crippen LogP contribution in [0.2, 0.25) is 0 Å². The number of urea groups is 1. The first kappa shape index (κ1) is 22.7. The summed E-state index contributed by atoms with van der Waals surface area (Å²) in [6, 6.07) is 19.7. The molecule has 4 amide bonds. The highest BCUT2D eigenvalue weighted by molar-refractivity contribution is 6.15. The van der Waals surface area contributed by atoms with Crippen LogP contribution in [0.25, 0.3) is 6.08 Å². The first-order chi connectivity index (χ1) is 16.4. The van der Waals surface area contributed by atoms with Gasteiger partial charge in [0.1, 0.15) is 30.4 Å². The Balaban J connectivity index is 1.40. The van der Waals surface area contributed by atoms with E-state index < -0.39 is 24.4 Å². The average Bonchev–Trinajstić information content (AvgIpc) is 3.07. The Hall–Kier alpha value is -4.46. The number of carbonyl (C=O) groups is 3. The van der Waals surface area contributed by atoms with Gasteiger partial charge < -0.3 is 15.4 Å². The molecule has 0 aromatic heterocycles. The number of hydrogen-bond donors (Lipinski definition) is 2. The molecule has 8 heteroatoms. The molecule has 2 N–H and O–H groups in total. The zero-order valence-corrected chi connectivity index (χ0v) is 18.4. The maximum Gasteiger partial charge on any atom is 0.329 e. The molecule has 4 rings (SSSR count). The number of ether oxygens (including phenoxy) is 1. The highest BCUT2D eigenvalue weighted by Gasteiger charge is 2.34. The van der Waals surface area contributed by atoms with Crippen molar-refractivity contribution in [2.45, 2.75) is 13.5 Å². The summed E-state index contributed by atoms with van der Waals surface area (Å²) in [4.78, 5) is 38.2. The van der Waals surface area contributed by atoms with E-state index in [0.29, 0.717) is 22.6 Å². The number of imide groups is 1. The van der Waals surface area contributed by atoms with Gasteiger partial charge in [-0.25, -0.2) is 14.1 Å². The Morgan fingerprint density at radius 2 is 1.82 bits per heavy atom. The molecule has 7 nitrogen and oxygen atoms in total. The fourth-order valence-electron chi connectivity index (χ4n) is 3.33. The van der Waals surface area contributed by atoms with Crippen molar-refractivity contribution in [2.75, 3.05) is 11.9 Å². The Kier molecular flexibility index (Phi) is 6.68. The Labute approximate surface area is 195 Å². The number of nitrogens with zero attached hydrogens (tertiary/aromatic N) is 1. The molecule has 0 radical (unpaired) electrons. The standard InChI is InChI=1S/C26H22FN3O4/c1-17-9-11-20(12-10-17)28-24(31)15-30-25(32)23(29-26(30)33)14-18-5-4-7-21(13-18)34-16-19-6-2-3-8-22(19)27/h2-14H,15-16H2,1H3,(H,28,31)(H,29,33)/b23-14+. The van der Waals surface area contributed by atoms with E-state index in [1.807, 2.05) is 19.1 Å². The van der Waals surface area contributed by atoms with Crippen LogP contribution in [-0.2, 0) is 16.2 Å². The van der Waals surface area contributed by atoms with Gasteiger partial charge in [0.25, 0.3) is 5.91 Å². The second kappa shape index (κ2) is 9.99. The van der Waals surface area contributed by atoms with E-state index in [1.165, 1.54) is 12.1 Å². The normalized spacial score (nSPS) is 14.3. The van der Waals surface area contributed by atoms with Crippen LogP contribution in [0.15, 0.2) is 78.5 Å². The number of anilines is 1. The first-order valence-electron chi connectivity index (χ1n) is 10.6. The van der Waals surface area contributed by atoms with E-state index in [0.717, 1.165) is 10.5 Å². The van der Waals surface area contributed by atoms with Crippen molar-refractivity contribution in [1.29, 1.82) is 0 Å². The molecule has 1 fully saturated rings. The fourth-order valence-corrected chi connectivity index (χ4v) is 3.33. The maximum absolute atomic E-state index is 13.8. The van der Waals surface area contributed by atoms with E-state index in [9.17, 15) is 18.8 Å². The Morgan fingerprint density at radius 3 is 2.59 bits per heavy atom. The number of rotatable bonds is 7. The summed E-state index contributed by atoms with van der Waals surface area (Å²) in [6.07, 6.45) is 1.49. The van der Waals surface area contributed by atoms with Gasteiger partial charge in [-0.3, -0.25) is 9.59 Å². The minimum absolute atomic E-state index is 0.0411. The van der Waals surface area contributed by atoms with Crippen LogP contribution < -0.4 is 15.4 Å². The summed E-state index contributed by atoms with van der Waals surface area (Å²) >= 11 is 0. The van der Waals surface area contributed by atoms with Crippen LogP contribution in [0.1, 0.15) is 16.7 Å². The zero-order valence-electron chi connectivity index (χ0n) is 18.4. The van der Waals surface area contributed by atoms with Gasteiger partial charge in [-0.15, -0.1) is 0 Å². The second-order valence-corrected chi connectivity index (χ2v) is 7.75. The van der Waals surface area contributed by atoms with Gasteiger partial charge in [0.2, 0.25) is 5.91 Å². The third-order valence-corrected chi connectivity index (χ3v) is 5.12. The minimum atomic E-state index is -0.678. The van der Waals surface area contributed by atoms with Crippen LogP contribution >= 0.6 is 0 Å². The predicted octanol–water partition coefficient (Wildman–Crippen LogP) is 4.24. The molecule has 1 aliphatic rings. The van der Waals surface area contributed by atoms with Gasteiger partial charge in [-0.2, -0.15) is 0 Å². The Bertz CT molecular complexity index is 1270. The molecule has 3 aromatic carbocycles. The van der Waals surface area contributed by atoms with E-state index in [2.05, 4.69) is 10.6 Å². The van der Waals surface area contributed by atoms with Crippen molar-refractivity contribution < 1.29 is 23.5 Å². The lowest BCUT2D eigenvalue weighted by molar-refractivity contribution is -0.127. The lowest BCUT2D eigenvalue weighted by atomic mass is 10.1. The van der Waals surface area contributed by atoms with Crippen molar-refractivity contribution in [1.82, 2.24) is 10.2 Å². The molecule has 1 aliphatic heterocycles. The average molecular weight is 459 g/mol. The van der Waals surface area contributed by atoms with Gasteiger partial charge in [0.15, 0.2) is 0 Å². The molecule has 0 unspecified atom stereocenters. The molecule has 172 valence electrons. The van der Waals surface area contributed by atoms with E-state index in [1.54, 1.807) is 54.6 Å². The van der Waals surface area contributed by atoms with E-state index in [4.69, 9.17) is 4.74 Å². The van der Waals surface area contributed by atoms with Crippen molar-refractivity contribution in [3.8, 4) is 5.75 Å². The van der Waals surface area contributed by atoms with Crippen LogP contribution in [0.3, 0.4) is 0 Å². The number of aryl methyl sites for hydroxylation is 1. The third kappa shape index (κ3) is 5.47. The molecule has 0 spiro atoms. The highest BCUT2D eigenvalue weighted by atomic mass is 19.1. The minimum Gasteiger partial charge on any atom is -0.489 e. The lowest BCUT2D eigenvalue weighted by Gasteiger charge is -2.12. The van der Waals surface area contributed by atoms with Crippen LogP contribution in [0, 0.1) is 12.7 Å². The van der Waals surface area contributed by atoms with Crippen LogP contribution in [0.4, 0.5) is 14.9 Å². The second-order valence-electron chi connectivity index (χ2n) is 7.75. The number of nitrogens with one attached hydrogen (secondary N) is 2. The molecular weight excluding hydrogens is 437 g/mol. The molecule has 0 bridgehead atoms. The van der Waals surface area contributed by atoms with Crippen molar-refractivity contribution in [2.24, 2.45) is 0 Å². The molecule has 0 saturated carbocycles. The Morgan fingerprint density at radius 1 is 1.06 bits per heavy atom. The van der Waals surface area contributed by atoms with Crippen LogP contribution in [-0.4, -0.2) is 29.3 Å². The van der Waals surface area contributed by atoms with Gasteiger partial charge in [-0.05, 0) is 48.9 Å². The molecular formula is C26H22FN3O4. The van der Waals surface area contributed by atoms with Gasteiger partial charge in [-0.1, -0.05) is 48.0 Å². The fraction of sp³-hybridized carbons (Fsp3) is 0.115. The number of amides is 4. The number of halogens is 1. The topological polar surface area (TPSA) is 87.7 Å². The SMILES string of the molecule is Cc1ccc(NC(=O)CN2C(=O)N/C(=C/c3cccc(OCc4ccccc4F)c3)C2=O)cc1. The number of hydrogen-bond acceptors (Lipinski definition) is 4. The van der Waals surface area contributed by atoms with Gasteiger partial charge in [0, 0.05) is 11.3 Å². The largest absolute Gasteiger partial charge is 0.489 e. The zero-order chi connectivity index (χ0) is 24.1. The third-order valence-electron chi connectivity index (χ3n) is 5.12. The van der Waals surface area contributed by atoms with E-state index >= 15 is 0 Å². The monoisotopic (exact) mass is 459 g/mol. The summed E-state index contributed by atoms with van der Waals surface area (Å²) in [5.74, 6) is -0.978. The molecule has 34 heavy (non-hydrogen) atoms. The van der Waals surface area contributed by atoms with Crippen molar-refractivity contribution in [3.63, 3.8) is 0 Å². The molecule has 1 saturated heterocycles. The van der Waals surface area contributed by atoms with Gasteiger partial charge >= 0.3 is 6.03 Å². The molecule has 0 atom stereocenters. The lowest BCUT2D eigenvalue weighted by Crippen LogP contribution is -2.38. The predicted molar refractivity (Wildman–Crippen MR) is 125 cm³/mol. The summed E-state index contributed by atoms with van der Waals surface area (Å²) in [5, 5.41) is 5.16. The first-order valence-corrected chi connectivity index (χ1v) is 10.6. The van der Waals surface area contributed by atoms with E-state index in [-0.39, 0.29) is 18.1 Å². The summed E-state index contributed by atoms with van der Waals surface area (Å²) in [5.41, 5.74) is 2.68. The molecule has 0 aliphatic carbocycles. The smallest absolute Gasteiger partial charge is 0.329 e. The highest BCUT2D eigenvalue weighted by Crippen LogP contribution is 2.20. The van der Waals surface area contributed by atoms with Crippen LogP contribution in [0.5, 0.6) is 5.75 Å². The molecule has 1 heterocycles. The molecule has 3 aromatic rings. The summed E-state index contributed by atoms with van der Waals surface area (Å²) in [6.45, 7) is 1.56. The maximum atomic E-state index is 13.8. The number of carbonyl (C=O) groups excluding carboxylic acids is 3.